The molecule has 0 unspecified atom stereocenters. The lowest BCUT2D eigenvalue weighted by Crippen LogP contribution is -2.13. The minimum Gasteiger partial charge on any atom is -0.330 e. The van der Waals surface area contributed by atoms with Gasteiger partial charge in [0.1, 0.15) is 0 Å². The van der Waals surface area contributed by atoms with Crippen LogP contribution in [0.2, 0.25) is 0 Å². The molecule has 1 aromatic carbocycles. The molecule has 0 fully saturated rings. The Labute approximate surface area is 95.2 Å². The smallest absolute Gasteiger partial charge is 0.294 e. The highest BCUT2D eigenvalue weighted by Crippen LogP contribution is 2.20. The van der Waals surface area contributed by atoms with Crippen LogP contribution in [0.4, 0.5) is 0 Å². The van der Waals surface area contributed by atoms with Gasteiger partial charge in [0.05, 0.1) is 4.90 Å². The average Bonchev–Trinajstić information content (AvgIpc) is 2.19. The van der Waals surface area contributed by atoms with Crippen LogP contribution in [0.25, 0.3) is 0 Å². The van der Waals surface area contributed by atoms with Crippen LogP contribution in [0.1, 0.15) is 11.1 Å². The Morgan fingerprint density at radius 3 is 2.25 bits per heavy atom. The Bertz CT molecular complexity index is 457. The van der Waals surface area contributed by atoms with E-state index in [1.54, 1.807) is 12.1 Å². The van der Waals surface area contributed by atoms with Crippen LogP contribution in [0, 0.1) is 0 Å². The predicted octanol–water partition coefficient (Wildman–Crippen LogP) is -0.0643. The van der Waals surface area contributed by atoms with Crippen molar-refractivity contribution in [1.29, 1.82) is 0 Å². The van der Waals surface area contributed by atoms with Gasteiger partial charge in [-0.3, -0.25) is 4.55 Å². The van der Waals surface area contributed by atoms with Gasteiger partial charge in [-0.05, 0) is 43.1 Å². The maximum absolute atomic E-state index is 11.2. The topological polar surface area (TPSA) is 106 Å². The molecule has 1 aromatic rings. The van der Waals surface area contributed by atoms with Crippen LogP contribution in [0.3, 0.4) is 0 Å². The van der Waals surface area contributed by atoms with Crippen LogP contribution in [0.15, 0.2) is 23.1 Å². The summed E-state index contributed by atoms with van der Waals surface area (Å²) in [5.74, 6) is 0. The predicted molar refractivity (Wildman–Crippen MR) is 61.8 cm³/mol. The summed E-state index contributed by atoms with van der Waals surface area (Å²) in [5.41, 5.74) is 12.3. The molecule has 0 aliphatic rings. The molecule has 0 spiro atoms. The molecule has 0 bridgehead atoms. The van der Waals surface area contributed by atoms with Gasteiger partial charge >= 0.3 is 0 Å². The Morgan fingerprint density at radius 1 is 1.12 bits per heavy atom. The summed E-state index contributed by atoms with van der Waals surface area (Å²) in [7, 11) is -4.19. The molecule has 5 N–H and O–H groups in total. The number of rotatable bonds is 5. The molecule has 0 saturated carbocycles. The van der Waals surface area contributed by atoms with Crippen molar-refractivity contribution >= 4 is 10.1 Å². The zero-order valence-corrected chi connectivity index (χ0v) is 9.70. The van der Waals surface area contributed by atoms with E-state index in [2.05, 4.69) is 0 Å². The Morgan fingerprint density at radius 2 is 1.75 bits per heavy atom. The average molecular weight is 244 g/mol. The lowest BCUT2D eigenvalue weighted by atomic mass is 10.0. The fraction of sp³-hybridized carbons (Fsp3) is 0.400. The lowest BCUT2D eigenvalue weighted by molar-refractivity contribution is 0.482. The molecule has 0 aliphatic heterocycles. The van der Waals surface area contributed by atoms with Crippen molar-refractivity contribution in [2.75, 3.05) is 13.1 Å². The Kier molecular flexibility index (Phi) is 4.43. The third-order valence-corrected chi connectivity index (χ3v) is 3.25. The first-order valence-electron chi connectivity index (χ1n) is 4.99. The van der Waals surface area contributed by atoms with E-state index in [4.69, 9.17) is 16.0 Å². The molecule has 0 aliphatic carbocycles. The van der Waals surface area contributed by atoms with Crippen molar-refractivity contribution < 1.29 is 13.0 Å². The lowest BCUT2D eigenvalue weighted by Gasteiger charge is -2.11. The zero-order valence-electron chi connectivity index (χ0n) is 8.89. The molecule has 1 rings (SSSR count). The van der Waals surface area contributed by atoms with Gasteiger partial charge in [0.15, 0.2) is 0 Å². The van der Waals surface area contributed by atoms with Gasteiger partial charge in [-0.2, -0.15) is 8.42 Å². The molecule has 5 nitrogen and oxygen atoms in total. The first-order chi connectivity index (χ1) is 7.50. The summed E-state index contributed by atoms with van der Waals surface area (Å²) >= 11 is 0. The van der Waals surface area contributed by atoms with Crippen LogP contribution in [-0.4, -0.2) is 26.1 Å². The summed E-state index contributed by atoms with van der Waals surface area (Å²) in [6.45, 7) is 0.747. The van der Waals surface area contributed by atoms with Crippen LogP contribution >= 0.6 is 0 Å². The highest BCUT2D eigenvalue weighted by molar-refractivity contribution is 7.85. The molecule has 90 valence electrons. The standard InChI is InChI=1S/C10H16N2O3S/c11-6-4-8-2-1-3-10(16(13,14)15)9(8)5-7-12/h1-3H,4-7,11-12H2,(H,13,14,15). The number of nitrogens with two attached hydrogens (primary N) is 2. The minimum atomic E-state index is -4.19. The first kappa shape index (κ1) is 13.1. The van der Waals surface area contributed by atoms with E-state index in [-0.39, 0.29) is 4.90 Å². The minimum absolute atomic E-state index is 0.0658. The molecule has 0 heterocycles. The largest absolute Gasteiger partial charge is 0.330 e. The van der Waals surface area contributed by atoms with Gasteiger partial charge < -0.3 is 11.5 Å². The van der Waals surface area contributed by atoms with Gasteiger partial charge in [0.25, 0.3) is 10.1 Å². The normalized spacial score (nSPS) is 11.7. The fourth-order valence-electron chi connectivity index (χ4n) is 1.67. The fourth-order valence-corrected chi connectivity index (χ4v) is 2.47. The van der Waals surface area contributed by atoms with E-state index in [9.17, 15) is 8.42 Å². The van der Waals surface area contributed by atoms with Crippen molar-refractivity contribution in [3.63, 3.8) is 0 Å². The van der Waals surface area contributed by atoms with Crippen LogP contribution in [0.5, 0.6) is 0 Å². The van der Waals surface area contributed by atoms with Crippen molar-refractivity contribution in [3.05, 3.63) is 29.3 Å². The zero-order chi connectivity index (χ0) is 12.2. The second-order valence-corrected chi connectivity index (χ2v) is 4.84. The molecular formula is C10H16N2O3S. The molecule has 0 saturated heterocycles. The number of benzene rings is 1. The second-order valence-electron chi connectivity index (χ2n) is 3.45. The summed E-state index contributed by atoms with van der Waals surface area (Å²) in [6.07, 6.45) is 0.976. The van der Waals surface area contributed by atoms with E-state index in [1.807, 2.05) is 0 Å². The highest BCUT2D eigenvalue weighted by Gasteiger charge is 2.17. The summed E-state index contributed by atoms with van der Waals surface area (Å²) in [4.78, 5) is -0.0658. The van der Waals surface area contributed by atoms with Crippen molar-refractivity contribution in [2.24, 2.45) is 11.5 Å². The van der Waals surface area contributed by atoms with Crippen molar-refractivity contribution in [2.45, 2.75) is 17.7 Å². The third-order valence-electron chi connectivity index (χ3n) is 2.32. The summed E-state index contributed by atoms with van der Waals surface area (Å²) in [5, 5.41) is 0. The van der Waals surface area contributed by atoms with Crippen LogP contribution in [-0.2, 0) is 23.0 Å². The molecule has 16 heavy (non-hydrogen) atoms. The van der Waals surface area contributed by atoms with Gasteiger partial charge in [-0.15, -0.1) is 0 Å². The van der Waals surface area contributed by atoms with Crippen molar-refractivity contribution in [3.8, 4) is 0 Å². The van der Waals surface area contributed by atoms with E-state index in [0.717, 1.165) is 5.56 Å². The van der Waals surface area contributed by atoms with E-state index in [0.29, 0.717) is 31.5 Å². The van der Waals surface area contributed by atoms with Gasteiger partial charge in [0, 0.05) is 0 Å². The first-order valence-corrected chi connectivity index (χ1v) is 6.43. The Hall–Kier alpha value is -0.950. The molecule has 0 aromatic heterocycles. The van der Waals surface area contributed by atoms with Gasteiger partial charge in [-0.25, -0.2) is 0 Å². The van der Waals surface area contributed by atoms with Crippen LogP contribution < -0.4 is 11.5 Å². The van der Waals surface area contributed by atoms with E-state index >= 15 is 0 Å². The molecule has 0 radical (unpaired) electrons. The van der Waals surface area contributed by atoms with Crippen molar-refractivity contribution in [1.82, 2.24) is 0 Å². The monoisotopic (exact) mass is 244 g/mol. The molecule has 6 heteroatoms. The van der Waals surface area contributed by atoms with E-state index in [1.165, 1.54) is 6.07 Å². The third kappa shape index (κ3) is 3.02. The van der Waals surface area contributed by atoms with Gasteiger partial charge in [-0.1, -0.05) is 12.1 Å². The maximum atomic E-state index is 11.2. The summed E-state index contributed by atoms with van der Waals surface area (Å²) in [6, 6.07) is 4.76. The maximum Gasteiger partial charge on any atom is 0.294 e. The summed E-state index contributed by atoms with van der Waals surface area (Å²) < 4.78 is 31.4. The number of hydrogen-bond donors (Lipinski definition) is 3. The second kappa shape index (κ2) is 5.40. The SMILES string of the molecule is NCCc1cccc(S(=O)(=O)O)c1CCN. The van der Waals surface area contributed by atoms with Gasteiger partial charge in [0.2, 0.25) is 0 Å². The van der Waals surface area contributed by atoms with E-state index < -0.39 is 10.1 Å². The number of hydrogen-bond acceptors (Lipinski definition) is 4. The molecular weight excluding hydrogens is 228 g/mol. The molecule has 0 atom stereocenters. The Balaban J connectivity index is 3.32. The quantitative estimate of drug-likeness (QED) is 0.629. The highest BCUT2D eigenvalue weighted by atomic mass is 32.2. The molecule has 0 amide bonds.